The minimum atomic E-state index is 0.232. The second-order valence-corrected chi connectivity index (χ2v) is 7.25. The molecule has 27 heavy (non-hydrogen) atoms. The average molecular weight is 360 g/mol. The maximum Gasteiger partial charge on any atom is 0.315 e. The molecule has 0 atom stereocenters. The van der Waals surface area contributed by atoms with Crippen molar-refractivity contribution in [1.82, 2.24) is 25.1 Å². The summed E-state index contributed by atoms with van der Waals surface area (Å²) in [5.41, 5.74) is 3.91. The van der Waals surface area contributed by atoms with Gasteiger partial charge in [0.15, 0.2) is 0 Å². The van der Waals surface area contributed by atoms with Gasteiger partial charge in [-0.1, -0.05) is 5.10 Å². The molecule has 3 aromatic heterocycles. The molecule has 1 aliphatic rings. The summed E-state index contributed by atoms with van der Waals surface area (Å²) < 4.78 is 5.74. The Kier molecular flexibility index (Phi) is 3.67. The van der Waals surface area contributed by atoms with Crippen LogP contribution in [0.25, 0.3) is 33.6 Å². The Bertz CT molecular complexity index is 1110. The second-order valence-electron chi connectivity index (χ2n) is 7.25. The largest absolute Gasteiger partial charge is 0.403 e. The molecule has 1 aliphatic carbocycles. The number of nitrogens with one attached hydrogen (secondary N) is 2. The lowest BCUT2D eigenvalue weighted by Gasteiger charge is -2.03. The molecule has 7 heteroatoms. The first-order chi connectivity index (χ1) is 13.2. The van der Waals surface area contributed by atoms with Crippen molar-refractivity contribution < 1.29 is 4.42 Å². The highest BCUT2D eigenvalue weighted by molar-refractivity contribution is 5.96. The third kappa shape index (κ3) is 3.05. The van der Waals surface area contributed by atoms with Gasteiger partial charge in [-0.2, -0.15) is 0 Å². The molecular weight excluding hydrogens is 340 g/mol. The average Bonchev–Trinajstić information content (AvgIpc) is 3.28. The fourth-order valence-corrected chi connectivity index (χ4v) is 3.17. The van der Waals surface area contributed by atoms with Crippen LogP contribution in [0, 0.1) is 0 Å². The molecule has 0 unspecified atom stereocenters. The molecule has 0 saturated heterocycles. The van der Waals surface area contributed by atoms with Gasteiger partial charge >= 0.3 is 6.01 Å². The van der Waals surface area contributed by atoms with E-state index in [-0.39, 0.29) is 6.04 Å². The van der Waals surface area contributed by atoms with E-state index in [0.29, 0.717) is 17.8 Å². The van der Waals surface area contributed by atoms with Crippen molar-refractivity contribution in [1.29, 1.82) is 0 Å². The maximum atomic E-state index is 5.74. The van der Waals surface area contributed by atoms with Gasteiger partial charge in [0.05, 0.1) is 5.69 Å². The number of hydrogen-bond donors (Lipinski definition) is 2. The summed E-state index contributed by atoms with van der Waals surface area (Å²) in [5.74, 6) is 1.96. The Morgan fingerprint density at radius 3 is 2.89 bits per heavy atom. The van der Waals surface area contributed by atoms with E-state index in [1.807, 2.05) is 44.4 Å². The van der Waals surface area contributed by atoms with Gasteiger partial charge in [-0.3, -0.25) is 0 Å². The first-order valence-corrected chi connectivity index (χ1v) is 9.22. The maximum absolute atomic E-state index is 5.74. The standard InChI is InChI=1S/C20H20N6O/c1-11(2)23-20-26-25-19(27-20)13-5-6-16-14(9-13)15(10-22-16)17-7-8-21-18(24-17)12-3-4-12/h5-12,22H,3-4H2,1-2H3,(H,23,26). The number of anilines is 1. The van der Waals surface area contributed by atoms with Gasteiger partial charge in [0.1, 0.15) is 5.82 Å². The molecular formula is C20H20N6O. The van der Waals surface area contributed by atoms with Gasteiger partial charge in [-0.25, -0.2) is 9.97 Å². The molecule has 0 bridgehead atoms. The van der Waals surface area contributed by atoms with E-state index in [1.165, 1.54) is 12.8 Å². The van der Waals surface area contributed by atoms with Gasteiger partial charge in [0, 0.05) is 46.4 Å². The van der Waals surface area contributed by atoms with Crippen molar-refractivity contribution in [2.24, 2.45) is 0 Å². The molecule has 7 nitrogen and oxygen atoms in total. The molecule has 0 aliphatic heterocycles. The van der Waals surface area contributed by atoms with Gasteiger partial charge < -0.3 is 14.7 Å². The van der Waals surface area contributed by atoms with Crippen molar-refractivity contribution in [3.63, 3.8) is 0 Å². The van der Waals surface area contributed by atoms with Crippen molar-refractivity contribution in [2.75, 3.05) is 5.32 Å². The summed E-state index contributed by atoms with van der Waals surface area (Å²) in [4.78, 5) is 12.5. The van der Waals surface area contributed by atoms with Crippen molar-refractivity contribution in [2.45, 2.75) is 38.6 Å². The lowest BCUT2D eigenvalue weighted by molar-refractivity contribution is 0.574. The lowest BCUT2D eigenvalue weighted by atomic mass is 10.1. The van der Waals surface area contributed by atoms with Crippen LogP contribution in [0.3, 0.4) is 0 Å². The molecule has 136 valence electrons. The van der Waals surface area contributed by atoms with Gasteiger partial charge in [0.25, 0.3) is 0 Å². The fourth-order valence-electron chi connectivity index (χ4n) is 3.17. The molecule has 1 saturated carbocycles. The van der Waals surface area contributed by atoms with E-state index in [9.17, 15) is 0 Å². The van der Waals surface area contributed by atoms with Crippen molar-refractivity contribution >= 4 is 16.9 Å². The third-order valence-electron chi connectivity index (χ3n) is 4.66. The summed E-state index contributed by atoms with van der Waals surface area (Å²) in [6.07, 6.45) is 6.21. The minimum Gasteiger partial charge on any atom is -0.403 e. The van der Waals surface area contributed by atoms with E-state index in [2.05, 4.69) is 31.5 Å². The highest BCUT2D eigenvalue weighted by Crippen LogP contribution is 2.39. The van der Waals surface area contributed by atoms with Crippen LogP contribution < -0.4 is 5.32 Å². The fraction of sp³-hybridized carbons (Fsp3) is 0.300. The van der Waals surface area contributed by atoms with Crippen LogP contribution in [0.4, 0.5) is 6.01 Å². The molecule has 4 aromatic rings. The Hall–Kier alpha value is -3.22. The third-order valence-corrected chi connectivity index (χ3v) is 4.66. The van der Waals surface area contributed by atoms with Gasteiger partial charge in [-0.15, -0.1) is 5.10 Å². The van der Waals surface area contributed by atoms with Gasteiger partial charge in [-0.05, 0) is 51.0 Å². The van der Waals surface area contributed by atoms with E-state index < -0.39 is 0 Å². The quantitative estimate of drug-likeness (QED) is 0.549. The summed E-state index contributed by atoms with van der Waals surface area (Å²) in [7, 11) is 0. The van der Waals surface area contributed by atoms with E-state index in [4.69, 9.17) is 9.40 Å². The molecule has 1 fully saturated rings. The van der Waals surface area contributed by atoms with E-state index in [1.54, 1.807) is 0 Å². The van der Waals surface area contributed by atoms with Crippen LogP contribution >= 0.6 is 0 Å². The highest BCUT2D eigenvalue weighted by atomic mass is 16.4. The van der Waals surface area contributed by atoms with Crippen LogP contribution in [0.15, 0.2) is 41.1 Å². The van der Waals surface area contributed by atoms with Crippen LogP contribution in [0.5, 0.6) is 0 Å². The lowest BCUT2D eigenvalue weighted by Crippen LogP contribution is -2.09. The number of hydrogen-bond acceptors (Lipinski definition) is 6. The molecule has 0 amide bonds. The van der Waals surface area contributed by atoms with E-state index in [0.717, 1.165) is 33.5 Å². The molecule has 0 radical (unpaired) electrons. The van der Waals surface area contributed by atoms with Crippen LogP contribution in [-0.2, 0) is 0 Å². The first kappa shape index (κ1) is 16.0. The SMILES string of the molecule is CC(C)Nc1nnc(-c2ccc3[nH]cc(-c4ccnc(C5CC5)n4)c3c2)o1. The van der Waals surface area contributed by atoms with Gasteiger partial charge in [0.2, 0.25) is 5.89 Å². The number of H-pyrrole nitrogens is 1. The predicted molar refractivity (Wildman–Crippen MR) is 103 cm³/mol. The summed E-state index contributed by atoms with van der Waals surface area (Å²) in [6.45, 7) is 4.05. The smallest absolute Gasteiger partial charge is 0.315 e. The van der Waals surface area contributed by atoms with Crippen LogP contribution in [0.1, 0.15) is 38.4 Å². The van der Waals surface area contributed by atoms with Crippen molar-refractivity contribution in [3.05, 3.63) is 42.5 Å². The zero-order valence-corrected chi connectivity index (χ0v) is 15.2. The van der Waals surface area contributed by atoms with Crippen LogP contribution in [-0.4, -0.2) is 31.2 Å². The number of nitrogens with zero attached hydrogens (tertiary/aromatic N) is 4. The zero-order valence-electron chi connectivity index (χ0n) is 15.2. The predicted octanol–water partition coefficient (Wildman–Crippen LogP) is 4.37. The monoisotopic (exact) mass is 360 g/mol. The number of fused-ring (bicyclic) bond motifs is 1. The number of aromatic nitrogens is 5. The number of benzene rings is 1. The van der Waals surface area contributed by atoms with E-state index >= 15 is 0 Å². The number of aromatic amines is 1. The normalized spacial score (nSPS) is 14.2. The summed E-state index contributed by atoms with van der Waals surface area (Å²) in [5, 5.41) is 12.4. The summed E-state index contributed by atoms with van der Waals surface area (Å²) in [6, 6.07) is 8.68. The summed E-state index contributed by atoms with van der Waals surface area (Å²) >= 11 is 0. The molecule has 5 rings (SSSR count). The Labute approximate surface area is 156 Å². The molecule has 0 spiro atoms. The Morgan fingerprint density at radius 1 is 1.19 bits per heavy atom. The number of rotatable bonds is 5. The zero-order chi connectivity index (χ0) is 18.4. The Balaban J connectivity index is 1.54. The molecule has 2 N–H and O–H groups in total. The second kappa shape index (κ2) is 6.19. The highest BCUT2D eigenvalue weighted by Gasteiger charge is 2.26. The topological polar surface area (TPSA) is 92.5 Å². The Morgan fingerprint density at radius 2 is 2.07 bits per heavy atom. The first-order valence-electron chi connectivity index (χ1n) is 9.22. The minimum absolute atomic E-state index is 0.232. The van der Waals surface area contributed by atoms with Crippen LogP contribution in [0.2, 0.25) is 0 Å². The van der Waals surface area contributed by atoms with Crippen molar-refractivity contribution in [3.8, 4) is 22.7 Å². The molecule has 1 aromatic carbocycles. The molecule has 3 heterocycles.